The summed E-state index contributed by atoms with van der Waals surface area (Å²) in [6, 6.07) is 6.49. The predicted octanol–water partition coefficient (Wildman–Crippen LogP) is 2.75. The molecule has 10 heteroatoms. The number of aryl methyl sites for hydroxylation is 2. The van der Waals surface area contributed by atoms with Crippen molar-refractivity contribution in [1.29, 1.82) is 0 Å². The van der Waals surface area contributed by atoms with Crippen molar-refractivity contribution >= 4 is 28.0 Å². The maximum atomic E-state index is 13.3. The van der Waals surface area contributed by atoms with Gasteiger partial charge >= 0.3 is 11.8 Å². The van der Waals surface area contributed by atoms with Crippen LogP contribution in [-0.2, 0) is 14.1 Å². The molecule has 182 valence electrons. The summed E-state index contributed by atoms with van der Waals surface area (Å²) in [5, 5.41) is 18.3. The number of amides is 1. The quantitative estimate of drug-likeness (QED) is 0.472. The summed E-state index contributed by atoms with van der Waals surface area (Å²) < 4.78 is 5.26. The lowest BCUT2D eigenvalue weighted by Crippen LogP contribution is -2.32. The van der Waals surface area contributed by atoms with Gasteiger partial charge in [0, 0.05) is 56.9 Å². The molecule has 3 aromatic heterocycles. The average molecular weight is 476 g/mol. The zero-order valence-corrected chi connectivity index (χ0v) is 19.9. The monoisotopic (exact) mass is 475 g/mol. The van der Waals surface area contributed by atoms with Crippen LogP contribution in [0.25, 0.3) is 21.9 Å². The molecule has 0 aliphatic carbocycles. The van der Waals surface area contributed by atoms with Gasteiger partial charge in [0.1, 0.15) is 0 Å². The van der Waals surface area contributed by atoms with Crippen LogP contribution in [0.2, 0.25) is 0 Å². The molecular formula is C25H29N7O3. The number of nitrogens with zero attached hydrogens (tertiary/aromatic N) is 6. The van der Waals surface area contributed by atoms with E-state index in [1.54, 1.807) is 22.4 Å². The van der Waals surface area contributed by atoms with Crippen molar-refractivity contribution in [2.75, 3.05) is 19.6 Å². The molecule has 1 aromatic carbocycles. The minimum atomic E-state index is -0.941. The third-order valence-electron chi connectivity index (χ3n) is 7.75. The molecule has 1 amide bonds. The molecule has 2 saturated heterocycles. The largest absolute Gasteiger partial charge is 0.465 e. The fourth-order valence-corrected chi connectivity index (χ4v) is 5.81. The van der Waals surface area contributed by atoms with Gasteiger partial charge in [0.2, 0.25) is 0 Å². The number of likely N-dealkylation sites (tertiary alicyclic amines) is 1. The van der Waals surface area contributed by atoms with Crippen LogP contribution in [0.5, 0.6) is 0 Å². The molecule has 2 N–H and O–H groups in total. The standard InChI is InChI=1S/C25H29N7O3/c1-29-13-17(11-28-29)20-5-4-16(10-26-20)15-3-6-21-19(9-15)23-22(12-27-21)30(2)24(33)32(23)18-7-8-31(14-18)25(34)35/h3,6,9,11-13,16,18,20,26H,4-5,7-8,10,14H2,1-2H3,(H,34,35). The van der Waals surface area contributed by atoms with E-state index in [1.165, 1.54) is 16.0 Å². The summed E-state index contributed by atoms with van der Waals surface area (Å²) in [6.45, 7) is 1.62. The van der Waals surface area contributed by atoms with E-state index >= 15 is 0 Å². The molecule has 0 saturated carbocycles. The number of pyridine rings is 1. The Hall–Kier alpha value is -3.66. The number of hydrogen-bond donors (Lipinski definition) is 2. The molecule has 0 spiro atoms. The molecule has 0 bridgehead atoms. The first-order chi connectivity index (χ1) is 16.9. The molecule has 3 atom stereocenters. The van der Waals surface area contributed by atoms with Gasteiger partial charge in [-0.3, -0.25) is 18.8 Å². The Morgan fingerprint density at radius 2 is 2.00 bits per heavy atom. The summed E-state index contributed by atoms with van der Waals surface area (Å²) >= 11 is 0. The summed E-state index contributed by atoms with van der Waals surface area (Å²) in [7, 11) is 3.69. The first-order valence-electron chi connectivity index (χ1n) is 12.1. The Morgan fingerprint density at radius 3 is 2.69 bits per heavy atom. The number of carboxylic acid groups (broad SMARTS) is 1. The molecule has 0 radical (unpaired) electrons. The van der Waals surface area contributed by atoms with E-state index in [0.29, 0.717) is 31.5 Å². The Morgan fingerprint density at radius 1 is 1.14 bits per heavy atom. The lowest BCUT2D eigenvalue weighted by atomic mass is 9.86. The fraction of sp³-hybridized carbons (Fsp3) is 0.440. The van der Waals surface area contributed by atoms with Gasteiger partial charge in [-0.2, -0.15) is 5.10 Å². The normalized spacial score (nSPS) is 22.9. The predicted molar refractivity (Wildman–Crippen MR) is 132 cm³/mol. The van der Waals surface area contributed by atoms with Gasteiger partial charge < -0.3 is 15.3 Å². The lowest BCUT2D eigenvalue weighted by molar-refractivity contribution is 0.154. The van der Waals surface area contributed by atoms with E-state index in [4.69, 9.17) is 0 Å². The van der Waals surface area contributed by atoms with Crippen molar-refractivity contribution < 1.29 is 9.90 Å². The molecule has 2 aliphatic rings. The Bertz CT molecular complexity index is 1490. The molecule has 2 fully saturated rings. The maximum absolute atomic E-state index is 13.3. The number of hydrogen-bond acceptors (Lipinski definition) is 5. The topological polar surface area (TPSA) is 110 Å². The van der Waals surface area contributed by atoms with Crippen LogP contribution < -0.4 is 11.0 Å². The number of fused-ring (bicyclic) bond motifs is 3. The van der Waals surface area contributed by atoms with Crippen LogP contribution in [0.15, 0.2) is 41.6 Å². The van der Waals surface area contributed by atoms with Gasteiger partial charge in [-0.25, -0.2) is 9.59 Å². The van der Waals surface area contributed by atoms with Crippen LogP contribution in [0.1, 0.15) is 48.4 Å². The second-order valence-electron chi connectivity index (χ2n) is 9.83. The van der Waals surface area contributed by atoms with E-state index < -0.39 is 6.09 Å². The number of aromatic nitrogens is 5. The molecule has 2 aliphatic heterocycles. The van der Waals surface area contributed by atoms with E-state index in [1.807, 2.05) is 24.0 Å². The first-order valence-corrected chi connectivity index (χ1v) is 12.1. The minimum absolute atomic E-state index is 0.129. The van der Waals surface area contributed by atoms with E-state index in [-0.39, 0.29) is 11.7 Å². The summed E-state index contributed by atoms with van der Waals surface area (Å²) in [5.41, 5.74) is 4.77. The minimum Gasteiger partial charge on any atom is -0.465 e. The molecule has 35 heavy (non-hydrogen) atoms. The Kier molecular flexibility index (Phi) is 5.14. The average Bonchev–Trinajstić information content (AvgIpc) is 3.58. The third-order valence-corrected chi connectivity index (χ3v) is 7.75. The lowest BCUT2D eigenvalue weighted by Gasteiger charge is -2.30. The van der Waals surface area contributed by atoms with Gasteiger partial charge in [0.15, 0.2) is 0 Å². The van der Waals surface area contributed by atoms with E-state index in [2.05, 4.69) is 33.7 Å². The zero-order chi connectivity index (χ0) is 24.3. The highest BCUT2D eigenvalue weighted by atomic mass is 16.4. The van der Waals surface area contributed by atoms with Gasteiger partial charge in [0.25, 0.3) is 0 Å². The van der Waals surface area contributed by atoms with Crippen LogP contribution in [0.4, 0.5) is 4.79 Å². The van der Waals surface area contributed by atoms with Crippen molar-refractivity contribution in [3.8, 4) is 0 Å². The number of rotatable bonds is 3. The van der Waals surface area contributed by atoms with Gasteiger partial charge in [0.05, 0.1) is 35.0 Å². The Balaban J connectivity index is 1.37. The van der Waals surface area contributed by atoms with Crippen molar-refractivity contribution in [3.63, 3.8) is 0 Å². The summed E-state index contributed by atoms with van der Waals surface area (Å²) in [6.07, 6.45) is 7.51. The van der Waals surface area contributed by atoms with E-state index in [9.17, 15) is 14.7 Å². The van der Waals surface area contributed by atoms with Crippen LogP contribution >= 0.6 is 0 Å². The number of piperidine rings is 1. The van der Waals surface area contributed by atoms with E-state index in [0.717, 1.165) is 41.3 Å². The Labute approximate surface area is 201 Å². The maximum Gasteiger partial charge on any atom is 0.407 e. The molecule has 4 aromatic rings. The second-order valence-corrected chi connectivity index (χ2v) is 9.83. The smallest absolute Gasteiger partial charge is 0.407 e. The van der Waals surface area contributed by atoms with Crippen molar-refractivity contribution in [3.05, 3.63) is 58.4 Å². The van der Waals surface area contributed by atoms with Crippen LogP contribution in [0, 0.1) is 0 Å². The number of carbonyl (C=O) groups is 1. The molecule has 6 rings (SSSR count). The van der Waals surface area contributed by atoms with Crippen molar-refractivity contribution in [2.45, 2.75) is 37.3 Å². The summed E-state index contributed by atoms with van der Waals surface area (Å²) in [4.78, 5) is 30.8. The van der Waals surface area contributed by atoms with Crippen LogP contribution in [-0.4, -0.2) is 59.6 Å². The molecule has 5 heterocycles. The number of imidazole rings is 1. The highest BCUT2D eigenvalue weighted by Gasteiger charge is 2.31. The molecule has 10 nitrogen and oxygen atoms in total. The third kappa shape index (κ3) is 3.59. The van der Waals surface area contributed by atoms with Gasteiger partial charge in [-0.15, -0.1) is 0 Å². The van der Waals surface area contributed by atoms with Crippen LogP contribution in [0.3, 0.4) is 0 Å². The molecule has 3 unspecified atom stereocenters. The van der Waals surface area contributed by atoms with Crippen molar-refractivity contribution in [2.24, 2.45) is 14.1 Å². The second kappa shape index (κ2) is 8.23. The fourth-order valence-electron chi connectivity index (χ4n) is 5.81. The van der Waals surface area contributed by atoms with Gasteiger partial charge in [-0.1, -0.05) is 6.07 Å². The highest BCUT2D eigenvalue weighted by Crippen LogP contribution is 2.35. The molecular weight excluding hydrogens is 446 g/mol. The zero-order valence-electron chi connectivity index (χ0n) is 19.9. The van der Waals surface area contributed by atoms with Crippen molar-refractivity contribution in [1.82, 2.24) is 34.1 Å². The number of benzene rings is 1. The first kappa shape index (κ1) is 21.8. The summed E-state index contributed by atoms with van der Waals surface area (Å²) in [5.74, 6) is 0.362. The SMILES string of the molecule is Cn1cc(C2CCC(c3ccc4ncc5c(c4c3)n(C3CCN(C(=O)O)C3)c(=O)n5C)CN2)cn1. The van der Waals surface area contributed by atoms with Gasteiger partial charge in [-0.05, 0) is 42.9 Å². The highest BCUT2D eigenvalue weighted by molar-refractivity contribution is 6.02. The number of nitrogens with one attached hydrogen (secondary N) is 1.